The number of aliphatic hydroxyl groups is 1. The number of nitrogens with zero attached hydrogens (tertiary/aromatic N) is 1. The van der Waals surface area contributed by atoms with Crippen LogP contribution in [0.2, 0.25) is 0 Å². The fraction of sp³-hybridized carbons (Fsp3) is 0.556. The van der Waals surface area contributed by atoms with Crippen LogP contribution in [-0.4, -0.2) is 42.4 Å². The topological polar surface area (TPSA) is 41.9 Å². The highest BCUT2D eigenvalue weighted by atomic mass is 16.5. The Balaban J connectivity index is 1.95. The molecule has 0 aromatic heterocycles. The average molecular weight is 301 g/mol. The molecule has 1 aliphatic carbocycles. The molecule has 2 heterocycles. The first-order valence-corrected chi connectivity index (χ1v) is 7.93. The predicted molar refractivity (Wildman–Crippen MR) is 84.4 cm³/mol. The van der Waals surface area contributed by atoms with Gasteiger partial charge in [-0.15, -0.1) is 0 Å². The van der Waals surface area contributed by atoms with E-state index >= 15 is 0 Å². The molecule has 1 spiro atoms. The third-order valence-electron chi connectivity index (χ3n) is 5.41. The number of ether oxygens (including phenoxy) is 2. The van der Waals surface area contributed by atoms with Crippen molar-refractivity contribution in [2.75, 3.05) is 20.7 Å². The van der Waals surface area contributed by atoms with E-state index < -0.39 is 5.60 Å². The lowest BCUT2D eigenvalue weighted by Crippen LogP contribution is -2.46. The van der Waals surface area contributed by atoms with Crippen molar-refractivity contribution in [1.82, 2.24) is 4.90 Å². The SMILES string of the molecule is COc1ccc2c3c1O[C@H]1C[C@@](C)(O)C=C[C@@]31CCN(C)C2. The fourth-order valence-electron chi connectivity index (χ4n) is 4.23. The number of hydrogen-bond donors (Lipinski definition) is 1. The lowest BCUT2D eigenvalue weighted by Gasteiger charge is -2.39. The van der Waals surface area contributed by atoms with Crippen molar-refractivity contribution in [3.63, 3.8) is 0 Å². The molecule has 3 aliphatic rings. The monoisotopic (exact) mass is 301 g/mol. The summed E-state index contributed by atoms with van der Waals surface area (Å²) in [5, 5.41) is 10.4. The molecule has 0 saturated heterocycles. The van der Waals surface area contributed by atoms with Crippen LogP contribution in [0.5, 0.6) is 11.5 Å². The van der Waals surface area contributed by atoms with Crippen LogP contribution in [0.1, 0.15) is 30.9 Å². The minimum atomic E-state index is -0.802. The second-order valence-corrected chi connectivity index (χ2v) is 7.16. The third kappa shape index (κ3) is 1.83. The number of hydrogen-bond acceptors (Lipinski definition) is 4. The molecule has 1 N–H and O–H groups in total. The number of rotatable bonds is 1. The highest BCUT2D eigenvalue weighted by Gasteiger charge is 2.54. The molecule has 3 atom stereocenters. The van der Waals surface area contributed by atoms with E-state index in [1.807, 2.05) is 19.1 Å². The van der Waals surface area contributed by atoms with Gasteiger partial charge in [0.25, 0.3) is 0 Å². The second kappa shape index (κ2) is 4.49. The summed E-state index contributed by atoms with van der Waals surface area (Å²) >= 11 is 0. The quantitative estimate of drug-likeness (QED) is 0.808. The van der Waals surface area contributed by atoms with Crippen LogP contribution >= 0.6 is 0 Å². The summed E-state index contributed by atoms with van der Waals surface area (Å²) in [4.78, 5) is 2.35. The van der Waals surface area contributed by atoms with Crippen LogP contribution < -0.4 is 9.47 Å². The maximum Gasteiger partial charge on any atom is 0.166 e. The Morgan fingerprint density at radius 3 is 2.95 bits per heavy atom. The molecule has 4 nitrogen and oxygen atoms in total. The van der Waals surface area contributed by atoms with Crippen LogP contribution in [-0.2, 0) is 12.0 Å². The lowest BCUT2D eigenvalue weighted by molar-refractivity contribution is 0.0236. The molecule has 22 heavy (non-hydrogen) atoms. The summed E-state index contributed by atoms with van der Waals surface area (Å²) in [5.41, 5.74) is 1.65. The zero-order chi connectivity index (χ0) is 15.5. The molecule has 0 unspecified atom stereocenters. The van der Waals surface area contributed by atoms with Crippen molar-refractivity contribution in [2.45, 2.75) is 43.4 Å². The first-order chi connectivity index (χ1) is 10.5. The summed E-state index contributed by atoms with van der Waals surface area (Å²) in [6.07, 6.45) is 5.74. The predicted octanol–water partition coefficient (Wildman–Crippen LogP) is 2.24. The molecule has 4 heteroatoms. The van der Waals surface area contributed by atoms with Gasteiger partial charge in [0.2, 0.25) is 0 Å². The van der Waals surface area contributed by atoms with Gasteiger partial charge in [-0.1, -0.05) is 18.2 Å². The highest BCUT2D eigenvalue weighted by Crippen LogP contribution is 2.56. The van der Waals surface area contributed by atoms with Crippen molar-refractivity contribution in [2.24, 2.45) is 0 Å². The van der Waals surface area contributed by atoms with Gasteiger partial charge in [0.1, 0.15) is 6.10 Å². The minimum Gasteiger partial charge on any atom is -0.493 e. The van der Waals surface area contributed by atoms with Crippen LogP contribution in [0.15, 0.2) is 24.3 Å². The Hall–Kier alpha value is -1.52. The van der Waals surface area contributed by atoms with Crippen molar-refractivity contribution in [1.29, 1.82) is 0 Å². The van der Waals surface area contributed by atoms with Gasteiger partial charge in [-0.3, -0.25) is 0 Å². The van der Waals surface area contributed by atoms with E-state index in [1.165, 1.54) is 11.1 Å². The molecule has 1 aromatic rings. The maximum absolute atomic E-state index is 10.4. The normalized spacial score (nSPS) is 36.3. The summed E-state index contributed by atoms with van der Waals surface area (Å²) in [7, 11) is 3.85. The van der Waals surface area contributed by atoms with Crippen molar-refractivity contribution < 1.29 is 14.6 Å². The Labute approximate surface area is 131 Å². The van der Waals surface area contributed by atoms with Gasteiger partial charge in [0.05, 0.1) is 18.1 Å². The Kier molecular flexibility index (Phi) is 2.88. The van der Waals surface area contributed by atoms with E-state index in [0.717, 1.165) is 31.0 Å². The smallest absolute Gasteiger partial charge is 0.166 e. The van der Waals surface area contributed by atoms with E-state index in [-0.39, 0.29) is 11.5 Å². The van der Waals surface area contributed by atoms with Crippen molar-refractivity contribution in [3.05, 3.63) is 35.4 Å². The largest absolute Gasteiger partial charge is 0.493 e. The zero-order valence-corrected chi connectivity index (χ0v) is 13.4. The molecular weight excluding hydrogens is 278 g/mol. The molecule has 4 rings (SSSR count). The van der Waals surface area contributed by atoms with E-state index in [0.29, 0.717) is 6.42 Å². The van der Waals surface area contributed by atoms with Crippen LogP contribution in [0.25, 0.3) is 0 Å². The first-order valence-electron chi connectivity index (χ1n) is 7.93. The van der Waals surface area contributed by atoms with Gasteiger partial charge in [-0.2, -0.15) is 0 Å². The Bertz CT molecular complexity index is 652. The maximum atomic E-state index is 10.4. The zero-order valence-electron chi connectivity index (χ0n) is 13.4. The lowest BCUT2D eigenvalue weighted by atomic mass is 9.67. The minimum absolute atomic E-state index is 0.0240. The average Bonchev–Trinajstić information content (AvgIpc) is 2.71. The molecule has 0 radical (unpaired) electrons. The van der Waals surface area contributed by atoms with Gasteiger partial charge < -0.3 is 19.5 Å². The van der Waals surface area contributed by atoms with Crippen LogP contribution in [0.4, 0.5) is 0 Å². The van der Waals surface area contributed by atoms with Gasteiger partial charge in [0.15, 0.2) is 11.5 Å². The summed E-state index contributed by atoms with van der Waals surface area (Å²) < 4.78 is 11.8. The van der Waals surface area contributed by atoms with Crippen LogP contribution in [0, 0.1) is 0 Å². The molecule has 1 aromatic carbocycles. The third-order valence-corrected chi connectivity index (χ3v) is 5.41. The molecule has 0 bridgehead atoms. The molecule has 0 saturated carbocycles. The van der Waals surface area contributed by atoms with Gasteiger partial charge in [-0.25, -0.2) is 0 Å². The Morgan fingerprint density at radius 2 is 2.18 bits per heavy atom. The molecular formula is C18H23NO3. The molecule has 118 valence electrons. The van der Waals surface area contributed by atoms with Crippen molar-refractivity contribution >= 4 is 0 Å². The second-order valence-electron chi connectivity index (χ2n) is 7.16. The number of methoxy groups -OCH3 is 1. The first kappa shape index (κ1) is 14.1. The number of benzene rings is 1. The summed E-state index contributed by atoms with van der Waals surface area (Å²) in [6, 6.07) is 4.16. The Morgan fingerprint density at radius 1 is 1.36 bits per heavy atom. The van der Waals surface area contributed by atoms with E-state index in [2.05, 4.69) is 24.1 Å². The standard InChI is InChI=1S/C18H23NO3/c1-17(20)6-7-18-8-9-19(2)11-12-4-5-13(21-3)16(15(12)18)22-14(18)10-17/h4-7,14,20H,8-11H2,1-3H3/t14-,17-,18-/m0/s1. The molecule has 2 aliphatic heterocycles. The molecule has 0 fully saturated rings. The van der Waals surface area contributed by atoms with Crippen molar-refractivity contribution in [3.8, 4) is 11.5 Å². The van der Waals surface area contributed by atoms with Gasteiger partial charge >= 0.3 is 0 Å². The van der Waals surface area contributed by atoms with E-state index in [4.69, 9.17) is 9.47 Å². The summed E-state index contributed by atoms with van der Waals surface area (Å²) in [6.45, 7) is 3.79. The molecule has 0 amide bonds. The fourth-order valence-corrected chi connectivity index (χ4v) is 4.23. The summed E-state index contributed by atoms with van der Waals surface area (Å²) in [5.74, 6) is 1.67. The highest BCUT2D eigenvalue weighted by molar-refractivity contribution is 5.61. The van der Waals surface area contributed by atoms with E-state index in [9.17, 15) is 5.11 Å². The van der Waals surface area contributed by atoms with Gasteiger partial charge in [-0.05, 0) is 38.6 Å². The van der Waals surface area contributed by atoms with Crippen LogP contribution in [0.3, 0.4) is 0 Å². The van der Waals surface area contributed by atoms with E-state index in [1.54, 1.807) is 7.11 Å². The van der Waals surface area contributed by atoms with Gasteiger partial charge in [0, 0.05) is 18.5 Å².